The molecule has 4 aromatic heterocycles. The molecule has 35 heavy (non-hydrogen) atoms. The summed E-state index contributed by atoms with van der Waals surface area (Å²) in [5.41, 5.74) is 5.49. The molecule has 0 fully saturated rings. The molecule has 5 aromatic rings. The molecule has 1 amide bonds. The Hall–Kier alpha value is -3.85. The van der Waals surface area contributed by atoms with Crippen LogP contribution in [0.2, 0.25) is 0 Å². The van der Waals surface area contributed by atoms with Gasteiger partial charge < -0.3 is 4.90 Å². The lowest BCUT2D eigenvalue weighted by Gasteiger charge is -2.18. The number of benzene rings is 1. The van der Waals surface area contributed by atoms with E-state index in [-0.39, 0.29) is 11.7 Å². The van der Waals surface area contributed by atoms with Crippen molar-refractivity contribution in [2.75, 3.05) is 13.6 Å². The lowest BCUT2D eigenvalue weighted by Crippen LogP contribution is -2.28. The fourth-order valence-corrected chi connectivity index (χ4v) is 4.92. The van der Waals surface area contributed by atoms with Gasteiger partial charge in [0.15, 0.2) is 5.65 Å². The van der Waals surface area contributed by atoms with Gasteiger partial charge in [0.25, 0.3) is 5.91 Å². The molecule has 0 saturated carbocycles. The van der Waals surface area contributed by atoms with Crippen LogP contribution in [0.3, 0.4) is 0 Å². The van der Waals surface area contributed by atoms with E-state index < -0.39 is 0 Å². The monoisotopic (exact) mass is 488 g/mol. The van der Waals surface area contributed by atoms with Crippen LogP contribution in [-0.4, -0.2) is 49.4 Å². The summed E-state index contributed by atoms with van der Waals surface area (Å²) in [6.45, 7) is 2.49. The number of carbonyl (C=O) groups is 1. The fourth-order valence-electron chi connectivity index (χ4n) is 4.24. The molecule has 4 heterocycles. The summed E-state index contributed by atoms with van der Waals surface area (Å²) in [6.07, 6.45) is 1.51. The highest BCUT2D eigenvalue weighted by Crippen LogP contribution is 2.30. The molecular formula is C26H25FN6OS. The van der Waals surface area contributed by atoms with Gasteiger partial charge in [-0.25, -0.2) is 9.37 Å². The van der Waals surface area contributed by atoms with Crippen molar-refractivity contribution < 1.29 is 9.18 Å². The Morgan fingerprint density at radius 2 is 1.97 bits per heavy atom. The minimum absolute atomic E-state index is 0.0529. The summed E-state index contributed by atoms with van der Waals surface area (Å²) in [4.78, 5) is 21.1. The van der Waals surface area contributed by atoms with Crippen LogP contribution in [0, 0.1) is 12.7 Å². The van der Waals surface area contributed by atoms with Crippen LogP contribution in [0.25, 0.3) is 32.9 Å². The molecule has 0 atom stereocenters. The maximum Gasteiger partial charge on any atom is 0.254 e. The van der Waals surface area contributed by atoms with Crippen molar-refractivity contribution in [3.05, 3.63) is 76.7 Å². The summed E-state index contributed by atoms with van der Waals surface area (Å²) >= 11 is 1.59. The van der Waals surface area contributed by atoms with E-state index >= 15 is 0 Å². The molecule has 178 valence electrons. The largest absolute Gasteiger partial charge is 0.342 e. The SMILES string of the molecule is Cc1nn(C)c2nc(-c3cccs3)cc(C(=O)N(C)CCCc3cc(-c4ccc(F)cc4)n[nH]3)c12. The number of halogens is 1. The van der Waals surface area contributed by atoms with Crippen LogP contribution in [0.5, 0.6) is 0 Å². The molecular weight excluding hydrogens is 463 g/mol. The van der Waals surface area contributed by atoms with Gasteiger partial charge in [-0.1, -0.05) is 6.07 Å². The van der Waals surface area contributed by atoms with Crippen LogP contribution >= 0.6 is 11.3 Å². The number of thiophene rings is 1. The van der Waals surface area contributed by atoms with Gasteiger partial charge in [0, 0.05) is 31.9 Å². The van der Waals surface area contributed by atoms with Gasteiger partial charge in [0.2, 0.25) is 0 Å². The fraction of sp³-hybridized carbons (Fsp3) is 0.231. The molecule has 0 unspecified atom stereocenters. The first-order valence-electron chi connectivity index (χ1n) is 11.3. The number of fused-ring (bicyclic) bond motifs is 1. The van der Waals surface area contributed by atoms with Crippen molar-refractivity contribution in [2.24, 2.45) is 7.05 Å². The van der Waals surface area contributed by atoms with E-state index in [1.807, 2.05) is 50.7 Å². The van der Waals surface area contributed by atoms with Crippen molar-refractivity contribution in [1.82, 2.24) is 29.9 Å². The van der Waals surface area contributed by atoms with Gasteiger partial charge in [0.05, 0.1) is 32.9 Å². The van der Waals surface area contributed by atoms with E-state index in [2.05, 4.69) is 15.3 Å². The Morgan fingerprint density at radius 3 is 2.71 bits per heavy atom. The normalized spacial score (nSPS) is 11.3. The third-order valence-electron chi connectivity index (χ3n) is 6.03. The van der Waals surface area contributed by atoms with Crippen LogP contribution in [0.15, 0.2) is 53.9 Å². The first-order chi connectivity index (χ1) is 16.9. The van der Waals surface area contributed by atoms with Crippen molar-refractivity contribution in [2.45, 2.75) is 19.8 Å². The quantitative estimate of drug-likeness (QED) is 0.340. The van der Waals surface area contributed by atoms with Gasteiger partial charge in [-0.3, -0.25) is 14.6 Å². The number of rotatable bonds is 7. The Bertz CT molecular complexity index is 1490. The highest BCUT2D eigenvalue weighted by atomic mass is 32.1. The molecule has 7 nitrogen and oxygen atoms in total. The second kappa shape index (κ2) is 9.42. The van der Waals surface area contributed by atoms with E-state index in [4.69, 9.17) is 4.98 Å². The van der Waals surface area contributed by atoms with E-state index in [0.29, 0.717) is 17.8 Å². The standard InChI is InChI=1S/C26H25FN6OS/c1-16-24-20(15-22(23-7-5-13-35-23)28-25(24)33(3)31-16)26(34)32(2)12-4-6-19-14-21(30-29-19)17-8-10-18(27)11-9-17/h5,7-11,13-15H,4,6,12H2,1-3H3,(H,29,30). The Balaban J connectivity index is 1.31. The van der Waals surface area contributed by atoms with Gasteiger partial charge >= 0.3 is 0 Å². The van der Waals surface area contributed by atoms with E-state index in [0.717, 1.165) is 51.4 Å². The summed E-state index contributed by atoms with van der Waals surface area (Å²) in [5, 5.41) is 14.7. The van der Waals surface area contributed by atoms with Crippen molar-refractivity contribution in [1.29, 1.82) is 0 Å². The van der Waals surface area contributed by atoms with Crippen molar-refractivity contribution >= 4 is 28.3 Å². The van der Waals surface area contributed by atoms with Crippen molar-refractivity contribution in [3.63, 3.8) is 0 Å². The zero-order valence-corrected chi connectivity index (χ0v) is 20.6. The van der Waals surface area contributed by atoms with Gasteiger partial charge in [0.1, 0.15) is 5.82 Å². The zero-order valence-electron chi connectivity index (χ0n) is 19.7. The smallest absolute Gasteiger partial charge is 0.254 e. The molecule has 5 rings (SSSR count). The highest BCUT2D eigenvalue weighted by molar-refractivity contribution is 7.13. The van der Waals surface area contributed by atoms with Gasteiger partial charge in [-0.2, -0.15) is 10.2 Å². The molecule has 1 N–H and O–H groups in total. The van der Waals surface area contributed by atoms with E-state index in [1.54, 1.807) is 33.1 Å². The van der Waals surface area contributed by atoms with Crippen LogP contribution < -0.4 is 0 Å². The topological polar surface area (TPSA) is 79.7 Å². The number of aromatic amines is 1. The second-order valence-corrected chi connectivity index (χ2v) is 9.50. The minimum atomic E-state index is -0.271. The maximum atomic E-state index is 13.5. The average Bonchev–Trinajstić information content (AvgIpc) is 3.60. The number of aromatic nitrogens is 5. The number of H-pyrrole nitrogens is 1. The predicted octanol–water partition coefficient (Wildman–Crippen LogP) is 5.24. The number of hydrogen-bond donors (Lipinski definition) is 1. The van der Waals surface area contributed by atoms with Crippen LogP contribution in [0.4, 0.5) is 4.39 Å². The number of carbonyl (C=O) groups excluding carboxylic acids is 1. The van der Waals surface area contributed by atoms with Crippen LogP contribution in [-0.2, 0) is 13.5 Å². The third kappa shape index (κ3) is 4.59. The van der Waals surface area contributed by atoms with Gasteiger partial charge in [-0.05, 0) is 67.6 Å². The second-order valence-electron chi connectivity index (χ2n) is 8.56. The molecule has 0 aliphatic heterocycles. The Labute approximate surface area is 206 Å². The molecule has 0 radical (unpaired) electrons. The number of nitrogens with one attached hydrogen (secondary N) is 1. The summed E-state index contributed by atoms with van der Waals surface area (Å²) in [7, 11) is 3.67. The van der Waals surface area contributed by atoms with Crippen molar-refractivity contribution in [3.8, 4) is 21.8 Å². The first kappa shape index (κ1) is 22.9. The minimum Gasteiger partial charge on any atom is -0.342 e. The number of nitrogens with zero attached hydrogens (tertiary/aromatic N) is 5. The van der Waals surface area contributed by atoms with Crippen LogP contribution in [0.1, 0.15) is 28.2 Å². The maximum absolute atomic E-state index is 13.5. The number of pyridine rings is 1. The molecule has 0 aliphatic carbocycles. The Kier molecular flexibility index (Phi) is 6.17. The first-order valence-corrected chi connectivity index (χ1v) is 12.2. The lowest BCUT2D eigenvalue weighted by molar-refractivity contribution is 0.0795. The number of hydrogen-bond acceptors (Lipinski definition) is 5. The summed E-state index contributed by atoms with van der Waals surface area (Å²) in [5.74, 6) is -0.324. The highest BCUT2D eigenvalue weighted by Gasteiger charge is 2.22. The summed E-state index contributed by atoms with van der Waals surface area (Å²) in [6, 6.07) is 14.1. The van der Waals surface area contributed by atoms with E-state index in [9.17, 15) is 9.18 Å². The lowest BCUT2D eigenvalue weighted by atomic mass is 10.1. The summed E-state index contributed by atoms with van der Waals surface area (Å²) < 4.78 is 14.9. The molecule has 0 aliphatic rings. The molecule has 0 bridgehead atoms. The number of aryl methyl sites for hydroxylation is 3. The zero-order chi connectivity index (χ0) is 24.5. The third-order valence-corrected chi connectivity index (χ3v) is 6.92. The van der Waals surface area contributed by atoms with E-state index in [1.165, 1.54) is 12.1 Å². The molecule has 0 saturated heterocycles. The molecule has 1 aromatic carbocycles. The average molecular weight is 489 g/mol. The van der Waals surface area contributed by atoms with Gasteiger partial charge in [-0.15, -0.1) is 11.3 Å². The molecule has 9 heteroatoms. The predicted molar refractivity (Wildman–Crippen MR) is 136 cm³/mol. The molecule has 0 spiro atoms. The Morgan fingerprint density at radius 1 is 1.17 bits per heavy atom. The number of amides is 1.